The van der Waals surface area contributed by atoms with Crippen LogP contribution in [0.25, 0.3) is 101 Å². The van der Waals surface area contributed by atoms with Crippen molar-refractivity contribution >= 4 is 0 Å². The van der Waals surface area contributed by atoms with Gasteiger partial charge in [0.2, 0.25) is 0 Å². The normalized spacial score (nSPS) is 11.1. The largest absolute Gasteiger partial charge is 0.237 e. The van der Waals surface area contributed by atoms with Crippen LogP contribution in [0.4, 0.5) is 0 Å². The van der Waals surface area contributed by atoms with E-state index >= 15 is 0 Å². The van der Waals surface area contributed by atoms with Crippen LogP contribution in [-0.4, -0.2) is 34.9 Å². The second kappa shape index (κ2) is 17.2. The van der Waals surface area contributed by atoms with Crippen molar-refractivity contribution in [3.05, 3.63) is 211 Å². The van der Waals surface area contributed by atoms with Gasteiger partial charge in [0.05, 0.1) is 0 Å². The van der Waals surface area contributed by atoms with Gasteiger partial charge < -0.3 is 0 Å². The topological polar surface area (TPSA) is 90.2 Å². The van der Waals surface area contributed by atoms with Crippen LogP contribution in [0.2, 0.25) is 0 Å². The Hall–Kier alpha value is -8.29. The second-order valence-corrected chi connectivity index (χ2v) is 16.2. The van der Waals surface area contributed by atoms with E-state index in [4.69, 9.17) is 15.0 Å². The van der Waals surface area contributed by atoms with Gasteiger partial charge in [-0.2, -0.15) is 0 Å². The monoisotopic (exact) mass is 825 g/mol. The van der Waals surface area contributed by atoms with E-state index < -0.39 is 0 Å². The molecule has 7 nitrogen and oxygen atoms in total. The molecule has 10 aromatic rings. The molecule has 3 heterocycles. The van der Waals surface area contributed by atoms with Crippen LogP contribution in [-0.2, 0) is 0 Å². The maximum absolute atomic E-state index is 5.23. The summed E-state index contributed by atoms with van der Waals surface area (Å²) in [6, 6.07) is 61.5. The summed E-state index contributed by atoms with van der Waals surface area (Å²) in [5, 5.41) is 0. The zero-order chi connectivity index (χ0) is 43.6. The number of aromatic nitrogens is 7. The Morgan fingerprint density at radius 2 is 0.531 bits per heavy atom. The minimum Gasteiger partial charge on any atom is -0.237 e. The molecule has 0 saturated heterocycles. The van der Waals surface area contributed by atoms with Gasteiger partial charge >= 0.3 is 0 Å². The Morgan fingerprint density at radius 1 is 0.234 bits per heavy atom. The molecule has 0 saturated carbocycles. The fourth-order valence-corrected chi connectivity index (χ4v) is 7.81. The molecule has 0 bridgehead atoms. The number of benzene rings is 7. The highest BCUT2D eigenvalue weighted by Gasteiger charge is 2.17. The molecule has 0 unspecified atom stereocenters. The number of hydrogen-bond acceptors (Lipinski definition) is 7. The van der Waals surface area contributed by atoms with Crippen LogP contribution >= 0.6 is 0 Å². The minimum absolute atomic E-state index is 0.553. The quantitative estimate of drug-likeness (QED) is 0.143. The van der Waals surface area contributed by atoms with Gasteiger partial charge in [-0.15, -0.1) is 0 Å². The summed E-state index contributed by atoms with van der Waals surface area (Å²) in [4.78, 5) is 33.9. The SMILES string of the molecule is Cc1ccc(-c2cccc(-c3cc(-c4cccc(-c5ccc(C)cc5)c4)cc(-c4nc(-c5ccc(-c6nccc(C)n6)cc5)nc(-c5ccc(-c6nccc(C)n6)cc5)n4)c3)c2)cc1. The molecule has 0 aliphatic rings. The van der Waals surface area contributed by atoms with E-state index in [0.29, 0.717) is 29.1 Å². The molecular formula is C57H43N7. The van der Waals surface area contributed by atoms with Crippen molar-refractivity contribution in [2.45, 2.75) is 27.7 Å². The van der Waals surface area contributed by atoms with Crippen molar-refractivity contribution in [2.75, 3.05) is 0 Å². The molecule has 10 rings (SSSR count). The standard InChI is InChI=1S/C57H43N7/c1-36-11-15-40(16-12-36)46-7-5-9-48(31-46)50-33-51(49-10-6-8-47(32-49)41-17-13-37(2)14-18-41)35-52(34-50)57-63-55(44-23-19-42(20-24-44)53-58-29-27-38(3)60-53)62-56(64-57)45-25-21-43(22-26-45)54-59-30-28-39(4)61-54/h5-35H,1-4H3. The fourth-order valence-electron chi connectivity index (χ4n) is 7.81. The van der Waals surface area contributed by atoms with E-state index in [1.165, 1.54) is 22.3 Å². The third kappa shape index (κ3) is 8.60. The van der Waals surface area contributed by atoms with E-state index in [0.717, 1.165) is 72.6 Å². The molecule has 64 heavy (non-hydrogen) atoms. The molecular weight excluding hydrogens is 783 g/mol. The average molecular weight is 826 g/mol. The first-order valence-corrected chi connectivity index (χ1v) is 21.4. The van der Waals surface area contributed by atoms with E-state index in [9.17, 15) is 0 Å². The summed E-state index contributed by atoms with van der Waals surface area (Å²) in [5.74, 6) is 3.01. The highest BCUT2D eigenvalue weighted by Crippen LogP contribution is 2.36. The van der Waals surface area contributed by atoms with Crippen LogP contribution in [0.3, 0.4) is 0 Å². The maximum Gasteiger partial charge on any atom is 0.164 e. The Morgan fingerprint density at radius 3 is 0.906 bits per heavy atom. The van der Waals surface area contributed by atoms with Gasteiger partial charge in [0.15, 0.2) is 29.1 Å². The van der Waals surface area contributed by atoms with Crippen molar-refractivity contribution < 1.29 is 0 Å². The fraction of sp³-hybridized carbons (Fsp3) is 0.0702. The van der Waals surface area contributed by atoms with Gasteiger partial charge in [0.1, 0.15) is 0 Å². The first-order chi connectivity index (χ1) is 31.3. The number of rotatable bonds is 9. The Labute approximate surface area is 373 Å². The first-order valence-electron chi connectivity index (χ1n) is 21.4. The van der Waals surface area contributed by atoms with E-state index in [1.807, 2.05) is 74.5 Å². The summed E-state index contributed by atoms with van der Waals surface area (Å²) < 4.78 is 0. The summed E-state index contributed by atoms with van der Waals surface area (Å²) >= 11 is 0. The molecule has 0 atom stereocenters. The molecule has 0 aliphatic carbocycles. The summed E-state index contributed by atoms with van der Waals surface area (Å²) in [7, 11) is 0. The lowest BCUT2D eigenvalue weighted by Crippen LogP contribution is -2.01. The minimum atomic E-state index is 0.553. The maximum atomic E-state index is 5.23. The van der Waals surface area contributed by atoms with Crippen LogP contribution in [0, 0.1) is 27.7 Å². The smallest absolute Gasteiger partial charge is 0.164 e. The molecule has 7 aromatic carbocycles. The lowest BCUT2D eigenvalue weighted by atomic mass is 9.92. The molecule has 7 heteroatoms. The van der Waals surface area contributed by atoms with Crippen LogP contribution in [0.15, 0.2) is 188 Å². The first kappa shape index (κ1) is 39.8. The molecule has 0 aliphatic heterocycles. The van der Waals surface area contributed by atoms with Crippen molar-refractivity contribution in [3.8, 4) is 101 Å². The van der Waals surface area contributed by atoms with Gasteiger partial charge in [-0.3, -0.25) is 0 Å². The molecule has 0 spiro atoms. The molecule has 306 valence electrons. The number of nitrogens with zero attached hydrogens (tertiary/aromatic N) is 7. The van der Waals surface area contributed by atoms with Crippen LogP contribution < -0.4 is 0 Å². The lowest BCUT2D eigenvalue weighted by Gasteiger charge is -2.14. The average Bonchev–Trinajstić information content (AvgIpc) is 3.34. The van der Waals surface area contributed by atoms with Crippen molar-refractivity contribution in [3.63, 3.8) is 0 Å². The number of hydrogen-bond donors (Lipinski definition) is 0. The van der Waals surface area contributed by atoms with Gasteiger partial charge in [0, 0.05) is 51.6 Å². The highest BCUT2D eigenvalue weighted by molar-refractivity contribution is 5.84. The van der Waals surface area contributed by atoms with Gasteiger partial charge in [-0.05, 0) is 115 Å². The van der Waals surface area contributed by atoms with Crippen molar-refractivity contribution in [1.29, 1.82) is 0 Å². The second-order valence-electron chi connectivity index (χ2n) is 16.2. The third-order valence-corrected chi connectivity index (χ3v) is 11.4. The Balaban J connectivity index is 1.14. The zero-order valence-corrected chi connectivity index (χ0v) is 36.0. The van der Waals surface area contributed by atoms with Gasteiger partial charge in [-0.1, -0.05) is 145 Å². The molecule has 0 fully saturated rings. The third-order valence-electron chi connectivity index (χ3n) is 11.4. The predicted molar refractivity (Wildman–Crippen MR) is 259 cm³/mol. The summed E-state index contributed by atoms with van der Waals surface area (Å²) in [5.41, 5.74) is 17.6. The van der Waals surface area contributed by atoms with Gasteiger partial charge in [0.25, 0.3) is 0 Å². The van der Waals surface area contributed by atoms with Crippen molar-refractivity contribution in [1.82, 2.24) is 34.9 Å². The summed E-state index contributed by atoms with van der Waals surface area (Å²) in [6.45, 7) is 8.17. The predicted octanol–water partition coefficient (Wildman–Crippen LogP) is 13.7. The molecule has 0 N–H and O–H groups in total. The van der Waals surface area contributed by atoms with Gasteiger partial charge in [-0.25, -0.2) is 34.9 Å². The number of aryl methyl sites for hydroxylation is 4. The van der Waals surface area contributed by atoms with E-state index in [2.05, 4.69) is 149 Å². The van der Waals surface area contributed by atoms with Crippen LogP contribution in [0.5, 0.6) is 0 Å². The van der Waals surface area contributed by atoms with E-state index in [-0.39, 0.29) is 0 Å². The molecule has 0 radical (unpaired) electrons. The molecule has 3 aromatic heterocycles. The highest BCUT2D eigenvalue weighted by atomic mass is 15.0. The summed E-state index contributed by atoms with van der Waals surface area (Å²) in [6.07, 6.45) is 3.57. The van der Waals surface area contributed by atoms with Crippen molar-refractivity contribution in [2.24, 2.45) is 0 Å². The Kier molecular flexibility index (Phi) is 10.7. The molecule has 0 amide bonds. The Bertz CT molecular complexity index is 3070. The van der Waals surface area contributed by atoms with E-state index in [1.54, 1.807) is 12.4 Å². The zero-order valence-electron chi connectivity index (χ0n) is 36.0. The van der Waals surface area contributed by atoms with Crippen LogP contribution in [0.1, 0.15) is 22.5 Å². The lowest BCUT2D eigenvalue weighted by molar-refractivity contribution is 1.07.